The van der Waals surface area contributed by atoms with Gasteiger partial charge in [-0.05, 0) is 38.0 Å². The highest BCUT2D eigenvalue weighted by Crippen LogP contribution is 2.43. The predicted molar refractivity (Wildman–Crippen MR) is 222 cm³/mol. The number of esters is 2. The van der Waals surface area contributed by atoms with Gasteiger partial charge in [-0.25, -0.2) is 4.57 Å². The largest absolute Gasteiger partial charge is 0.472 e. The van der Waals surface area contributed by atoms with Gasteiger partial charge in [0.05, 0.1) is 38.1 Å². The molecule has 1 saturated heterocycles. The van der Waals surface area contributed by atoms with E-state index < -0.39 is 83.0 Å². The number of carbonyl (C=O) groups is 2. The van der Waals surface area contributed by atoms with E-state index in [1.54, 1.807) is 12.2 Å². The minimum Gasteiger partial charge on any atom is -0.462 e. The maximum Gasteiger partial charge on any atom is 0.472 e. The second-order valence-electron chi connectivity index (χ2n) is 15.8. The molecule has 3 unspecified atom stereocenters. The lowest BCUT2D eigenvalue weighted by atomic mass is 9.87. The van der Waals surface area contributed by atoms with E-state index in [2.05, 4.69) is 25.3 Å². The van der Waals surface area contributed by atoms with Gasteiger partial charge in [-0.3, -0.25) is 18.6 Å². The summed E-state index contributed by atoms with van der Waals surface area (Å²) in [7, 11) is -4.69. The van der Waals surface area contributed by atoms with Crippen molar-refractivity contribution in [1.29, 1.82) is 0 Å². The Morgan fingerprint density at radius 2 is 1.43 bits per heavy atom. The summed E-state index contributed by atoms with van der Waals surface area (Å²) in [6, 6.07) is 0. The van der Waals surface area contributed by atoms with Crippen LogP contribution in [-0.2, 0) is 37.4 Å². The topological polar surface area (TPSA) is 219 Å². The Bertz CT molecular complexity index is 1150. The van der Waals surface area contributed by atoms with Gasteiger partial charge in [0.2, 0.25) is 0 Å². The van der Waals surface area contributed by atoms with Gasteiger partial charge in [-0.1, -0.05) is 135 Å². The number of ether oxygens (including phenoxy) is 3. The molecular weight excluding hydrogens is 771 g/mol. The predicted octanol–water partition coefficient (Wildman–Crippen LogP) is 7.35. The van der Waals surface area contributed by atoms with Crippen LogP contribution < -0.4 is 0 Å². The summed E-state index contributed by atoms with van der Waals surface area (Å²) in [4.78, 5) is 35.2. The van der Waals surface area contributed by atoms with Crippen molar-refractivity contribution in [3.8, 4) is 0 Å². The fraction of sp³-hybridized carbons (Fsp3) is 0.860. The summed E-state index contributed by atoms with van der Waals surface area (Å²) in [6.07, 6.45) is 20.5. The normalized spacial score (nSPS) is 21.8. The van der Waals surface area contributed by atoms with Crippen molar-refractivity contribution in [2.24, 2.45) is 11.8 Å². The van der Waals surface area contributed by atoms with Crippen LogP contribution in [0, 0.1) is 11.8 Å². The summed E-state index contributed by atoms with van der Waals surface area (Å²) in [5.41, 5.74) is 0. The van der Waals surface area contributed by atoms with Crippen molar-refractivity contribution in [1.82, 2.24) is 0 Å². The van der Waals surface area contributed by atoms with Gasteiger partial charge < -0.3 is 44.6 Å². The van der Waals surface area contributed by atoms with E-state index in [-0.39, 0.29) is 25.2 Å². The number of allylic oxidation sites excluding steroid dienone is 2. The third-order valence-electron chi connectivity index (χ3n) is 10.4. The first-order valence-electron chi connectivity index (χ1n) is 22.1. The molecule has 0 saturated carbocycles. The zero-order valence-electron chi connectivity index (χ0n) is 35.7. The quantitative estimate of drug-likeness (QED) is 0.0157. The van der Waals surface area contributed by atoms with Crippen molar-refractivity contribution in [3.63, 3.8) is 0 Å². The van der Waals surface area contributed by atoms with Crippen LogP contribution in [0.25, 0.3) is 0 Å². The first-order chi connectivity index (χ1) is 27.8. The molecule has 1 aliphatic heterocycles. The Hall–Kier alpha value is -1.71. The molecule has 9 atom stereocenters. The highest BCUT2D eigenvalue weighted by atomic mass is 31.2. The third-order valence-corrected chi connectivity index (χ3v) is 11.4. The van der Waals surface area contributed by atoms with E-state index in [1.165, 1.54) is 51.4 Å². The number of aliphatic hydroxyl groups excluding tert-OH is 5. The zero-order valence-corrected chi connectivity index (χ0v) is 36.6. The maximum absolute atomic E-state index is 12.7. The van der Waals surface area contributed by atoms with E-state index in [1.807, 2.05) is 12.2 Å². The van der Waals surface area contributed by atoms with Crippen LogP contribution in [0.1, 0.15) is 162 Å². The summed E-state index contributed by atoms with van der Waals surface area (Å²) in [6.45, 7) is 4.29. The van der Waals surface area contributed by atoms with Gasteiger partial charge in [0, 0.05) is 25.2 Å². The van der Waals surface area contributed by atoms with Gasteiger partial charge in [0.1, 0.15) is 12.7 Å². The highest BCUT2D eigenvalue weighted by molar-refractivity contribution is 7.47. The molecule has 0 radical (unpaired) electrons. The van der Waals surface area contributed by atoms with Crippen LogP contribution in [0.3, 0.4) is 0 Å². The average Bonchev–Trinajstić information content (AvgIpc) is 3.19. The van der Waals surface area contributed by atoms with Crippen LogP contribution in [-0.4, -0.2) is 106 Å². The summed E-state index contributed by atoms with van der Waals surface area (Å²) >= 11 is 0. The molecule has 1 rings (SSSR count). The van der Waals surface area contributed by atoms with Crippen LogP contribution in [0.15, 0.2) is 24.3 Å². The van der Waals surface area contributed by atoms with Gasteiger partial charge in [0.15, 0.2) is 12.4 Å². The molecule has 0 aromatic heterocycles. The minimum atomic E-state index is -4.69. The monoisotopic (exact) mass is 851 g/mol. The van der Waals surface area contributed by atoms with Gasteiger partial charge in [0.25, 0.3) is 0 Å². The number of rotatable bonds is 36. The van der Waals surface area contributed by atoms with E-state index in [4.69, 9.17) is 23.8 Å². The smallest absolute Gasteiger partial charge is 0.462 e. The second kappa shape index (κ2) is 33.9. The van der Waals surface area contributed by atoms with E-state index in [0.717, 1.165) is 44.4 Å². The molecular formula is C43H79O14P. The van der Waals surface area contributed by atoms with Crippen LogP contribution in [0.5, 0.6) is 0 Å². The molecule has 1 aliphatic rings. The lowest BCUT2D eigenvalue weighted by molar-refractivity contribution is -0.199. The first kappa shape index (κ1) is 54.3. The number of aliphatic hydroxyl groups is 5. The van der Waals surface area contributed by atoms with Gasteiger partial charge >= 0.3 is 19.8 Å². The van der Waals surface area contributed by atoms with Gasteiger partial charge in [-0.2, -0.15) is 0 Å². The lowest BCUT2D eigenvalue weighted by Crippen LogP contribution is -2.43. The third kappa shape index (κ3) is 28.7. The SMILES string of the molecule is CCCCC[C@H](O)/C=C/[C@H]1OC(O)C[C@H](O)[C@@H]1C/C=C\CCCC(=O)O[C@H](COC(=O)CCCCCCCCCCCCC(C)CC)COP(=O)(O)OC[C@@H](O)CO. The molecule has 15 heteroatoms. The van der Waals surface area contributed by atoms with Crippen LogP contribution in [0.4, 0.5) is 0 Å². The number of carbonyl (C=O) groups excluding carboxylic acids is 2. The minimum absolute atomic E-state index is 0.00829. The molecule has 0 bridgehead atoms. The number of phosphoric acid groups is 1. The Morgan fingerprint density at radius 1 is 0.810 bits per heavy atom. The average molecular weight is 851 g/mol. The molecule has 1 heterocycles. The number of phosphoric ester groups is 1. The van der Waals surface area contributed by atoms with Crippen molar-refractivity contribution in [2.45, 2.75) is 199 Å². The Kier molecular flexibility index (Phi) is 31.8. The summed E-state index contributed by atoms with van der Waals surface area (Å²) in [5.74, 6) is -0.634. The van der Waals surface area contributed by atoms with Crippen LogP contribution in [0.2, 0.25) is 0 Å². The molecule has 6 N–H and O–H groups in total. The van der Waals surface area contributed by atoms with E-state index in [9.17, 15) is 39.5 Å². The number of hydrogen-bond donors (Lipinski definition) is 6. The Balaban J connectivity index is 2.52. The molecule has 340 valence electrons. The second-order valence-corrected chi connectivity index (χ2v) is 17.3. The summed E-state index contributed by atoms with van der Waals surface area (Å²) < 4.78 is 38.3. The van der Waals surface area contributed by atoms with Crippen molar-refractivity contribution >= 4 is 19.8 Å². The fourth-order valence-corrected chi connectivity index (χ4v) is 7.33. The molecule has 0 spiro atoms. The Morgan fingerprint density at radius 3 is 2.09 bits per heavy atom. The van der Waals surface area contributed by atoms with E-state index >= 15 is 0 Å². The van der Waals surface area contributed by atoms with Crippen molar-refractivity contribution in [2.75, 3.05) is 26.4 Å². The first-order valence-corrected chi connectivity index (χ1v) is 23.6. The Labute approximate surface area is 348 Å². The fourth-order valence-electron chi connectivity index (χ4n) is 6.54. The molecule has 1 fully saturated rings. The highest BCUT2D eigenvalue weighted by Gasteiger charge is 2.35. The number of hydrogen-bond acceptors (Lipinski definition) is 13. The molecule has 58 heavy (non-hydrogen) atoms. The van der Waals surface area contributed by atoms with Crippen molar-refractivity contribution in [3.05, 3.63) is 24.3 Å². The maximum atomic E-state index is 12.7. The lowest BCUT2D eigenvalue weighted by Gasteiger charge is -2.36. The van der Waals surface area contributed by atoms with Crippen molar-refractivity contribution < 1.29 is 67.8 Å². The van der Waals surface area contributed by atoms with Gasteiger partial charge in [-0.15, -0.1) is 0 Å². The van der Waals surface area contributed by atoms with Crippen LogP contribution >= 0.6 is 7.82 Å². The molecule has 0 aromatic rings. The number of unbranched alkanes of at least 4 members (excludes halogenated alkanes) is 12. The zero-order chi connectivity index (χ0) is 43.0. The molecule has 0 amide bonds. The summed E-state index contributed by atoms with van der Waals surface area (Å²) in [5, 5.41) is 49.3. The van der Waals surface area contributed by atoms with E-state index in [0.29, 0.717) is 32.1 Å². The standard InChI is InChI=1S/C43H79O14P/c1-4-6-17-23-35(45)27-28-40-38(39(47)29-43(50)57-40)24-19-15-16-21-26-42(49)56-37(33-55-58(51,52)54-31-36(46)30-44)32-53-41(48)25-20-14-12-10-8-7-9-11-13-18-22-34(3)5-2/h15,19,27-28,34-40,43-47,50H,4-14,16-18,20-26,29-33H2,1-3H3,(H,51,52)/b19-15-,28-27+/t34?,35-,36-,37+,38-,39-,40+,43?/m0/s1. The molecule has 14 nitrogen and oxygen atoms in total. The molecule has 0 aliphatic carbocycles. The molecule has 0 aromatic carbocycles.